The van der Waals surface area contributed by atoms with E-state index in [9.17, 15) is 4.79 Å². The van der Waals surface area contributed by atoms with Gasteiger partial charge in [-0.2, -0.15) is 5.10 Å². The second-order valence-corrected chi connectivity index (χ2v) is 8.51. The third-order valence-corrected chi connectivity index (χ3v) is 6.55. The van der Waals surface area contributed by atoms with Gasteiger partial charge in [-0.1, -0.05) is 12.1 Å². The molecule has 1 saturated carbocycles. The normalized spacial score (nSPS) is 18.2. The van der Waals surface area contributed by atoms with E-state index in [0.29, 0.717) is 6.04 Å². The molecule has 1 unspecified atom stereocenters. The molecular formula is C24H28N4O2. The Morgan fingerprint density at radius 3 is 2.77 bits per heavy atom. The number of amides is 1. The Labute approximate surface area is 176 Å². The Morgan fingerprint density at radius 1 is 1.20 bits per heavy atom. The lowest BCUT2D eigenvalue weighted by Gasteiger charge is -2.34. The lowest BCUT2D eigenvalue weighted by Crippen LogP contribution is -2.45. The number of ether oxygens (including phenoxy) is 1. The van der Waals surface area contributed by atoms with E-state index in [2.05, 4.69) is 26.6 Å². The lowest BCUT2D eigenvalue weighted by atomic mass is 9.92. The van der Waals surface area contributed by atoms with Gasteiger partial charge in [-0.15, -0.1) is 0 Å². The molecule has 6 nitrogen and oxygen atoms in total. The fraction of sp³-hybridized carbons (Fsp3) is 0.417. The van der Waals surface area contributed by atoms with Crippen molar-refractivity contribution in [1.29, 1.82) is 0 Å². The number of carbonyl (C=O) groups excluding carboxylic acids is 1. The van der Waals surface area contributed by atoms with E-state index >= 15 is 0 Å². The van der Waals surface area contributed by atoms with Gasteiger partial charge in [0.05, 0.1) is 24.6 Å². The Morgan fingerprint density at radius 2 is 2.00 bits per heavy atom. The van der Waals surface area contributed by atoms with Crippen LogP contribution in [0.3, 0.4) is 0 Å². The van der Waals surface area contributed by atoms with Crippen molar-refractivity contribution in [3.63, 3.8) is 0 Å². The number of nitrogens with zero attached hydrogens (tertiary/aromatic N) is 3. The topological polar surface area (TPSA) is 63.1 Å². The zero-order chi connectivity index (χ0) is 20.8. The lowest BCUT2D eigenvalue weighted by molar-refractivity contribution is 0.0642. The molecule has 0 bridgehead atoms. The molecule has 6 heteroatoms. The highest BCUT2D eigenvalue weighted by atomic mass is 16.5. The van der Waals surface area contributed by atoms with Gasteiger partial charge in [-0.3, -0.25) is 9.89 Å². The molecule has 1 atom stereocenters. The highest BCUT2D eigenvalue weighted by molar-refractivity contribution is 5.96. The van der Waals surface area contributed by atoms with Crippen LogP contribution in [-0.2, 0) is 12.8 Å². The van der Waals surface area contributed by atoms with E-state index in [1.807, 2.05) is 43.5 Å². The smallest absolute Gasteiger partial charge is 0.256 e. The number of nitrogens with one attached hydrogen (secondary N) is 1. The standard InChI is InChI=1S/C24H28N4O2/c1-15-12-20(16(2)27(15)22-6-4-5-7-23(22)30-3)24(29)28(18-8-9-18)19-10-11-21-17(13-19)14-25-26-21/h4-7,12,14,18-19H,8-11,13H2,1-3H3,(H,25,26). The van der Waals surface area contributed by atoms with E-state index in [1.54, 1.807) is 7.11 Å². The van der Waals surface area contributed by atoms with Crippen LogP contribution in [0.1, 0.15) is 52.3 Å². The molecule has 2 aliphatic rings. The van der Waals surface area contributed by atoms with Gasteiger partial charge >= 0.3 is 0 Å². The number of aromatic nitrogens is 3. The number of carbonyl (C=O) groups is 1. The summed E-state index contributed by atoms with van der Waals surface area (Å²) >= 11 is 0. The first-order valence-electron chi connectivity index (χ1n) is 10.7. The van der Waals surface area contributed by atoms with Gasteiger partial charge in [0.2, 0.25) is 0 Å². The maximum Gasteiger partial charge on any atom is 0.256 e. The molecule has 156 valence electrons. The van der Waals surface area contributed by atoms with Crippen molar-refractivity contribution >= 4 is 5.91 Å². The Kier molecular flexibility index (Phi) is 4.65. The van der Waals surface area contributed by atoms with E-state index in [4.69, 9.17) is 4.74 Å². The van der Waals surface area contributed by atoms with E-state index in [1.165, 1.54) is 11.3 Å². The molecule has 2 heterocycles. The van der Waals surface area contributed by atoms with E-state index < -0.39 is 0 Å². The molecule has 30 heavy (non-hydrogen) atoms. The van der Waals surface area contributed by atoms with Crippen molar-refractivity contribution in [2.24, 2.45) is 0 Å². The van der Waals surface area contributed by atoms with Gasteiger partial charge in [-0.05, 0) is 69.7 Å². The first-order chi connectivity index (χ1) is 14.6. The van der Waals surface area contributed by atoms with Crippen molar-refractivity contribution in [1.82, 2.24) is 19.7 Å². The molecule has 1 amide bonds. The minimum absolute atomic E-state index is 0.156. The van der Waals surface area contributed by atoms with Crippen LogP contribution in [-0.4, -0.2) is 44.8 Å². The monoisotopic (exact) mass is 404 g/mol. The van der Waals surface area contributed by atoms with Crippen LogP contribution in [0, 0.1) is 13.8 Å². The number of fused-ring (bicyclic) bond motifs is 1. The molecule has 2 aromatic heterocycles. The average molecular weight is 405 g/mol. The van der Waals surface area contributed by atoms with Crippen LogP contribution in [0.25, 0.3) is 5.69 Å². The number of H-pyrrole nitrogens is 1. The van der Waals surface area contributed by atoms with Gasteiger partial charge in [0.1, 0.15) is 5.75 Å². The summed E-state index contributed by atoms with van der Waals surface area (Å²) in [5.41, 5.74) is 6.24. The van der Waals surface area contributed by atoms with Gasteiger partial charge in [0.25, 0.3) is 5.91 Å². The zero-order valence-electron chi connectivity index (χ0n) is 17.8. The van der Waals surface area contributed by atoms with Gasteiger partial charge in [0, 0.05) is 29.2 Å². The first kappa shape index (κ1) is 19.0. The number of aryl methyl sites for hydroxylation is 2. The summed E-state index contributed by atoms with van der Waals surface area (Å²) in [4.78, 5) is 16.0. The summed E-state index contributed by atoms with van der Waals surface area (Å²) in [6.45, 7) is 4.09. The van der Waals surface area contributed by atoms with Crippen LogP contribution in [0.15, 0.2) is 36.5 Å². The number of hydrogen-bond donors (Lipinski definition) is 1. The molecule has 2 aliphatic carbocycles. The molecule has 1 aromatic carbocycles. The molecule has 1 N–H and O–H groups in total. The molecule has 0 aliphatic heterocycles. The number of hydrogen-bond acceptors (Lipinski definition) is 3. The Hall–Kier alpha value is -3.02. The Bertz CT molecular complexity index is 1090. The summed E-state index contributed by atoms with van der Waals surface area (Å²) in [5.74, 6) is 0.959. The second-order valence-electron chi connectivity index (χ2n) is 8.51. The third-order valence-electron chi connectivity index (χ3n) is 6.55. The molecule has 0 saturated heterocycles. The van der Waals surface area contributed by atoms with Crippen molar-refractivity contribution < 1.29 is 9.53 Å². The second kappa shape index (κ2) is 7.35. The van der Waals surface area contributed by atoms with Crippen LogP contribution in [0.2, 0.25) is 0 Å². The fourth-order valence-electron chi connectivity index (χ4n) is 4.92. The number of methoxy groups -OCH3 is 1. The number of rotatable bonds is 5. The van der Waals surface area contributed by atoms with Gasteiger partial charge in [-0.25, -0.2) is 0 Å². The number of benzene rings is 1. The quantitative estimate of drug-likeness (QED) is 0.699. The zero-order valence-corrected chi connectivity index (χ0v) is 17.8. The maximum atomic E-state index is 13.8. The summed E-state index contributed by atoms with van der Waals surface area (Å²) in [5, 5.41) is 7.30. The van der Waals surface area contributed by atoms with Crippen molar-refractivity contribution in [2.75, 3.05) is 7.11 Å². The molecule has 1 fully saturated rings. The molecule has 5 rings (SSSR count). The minimum atomic E-state index is 0.156. The van der Waals surface area contributed by atoms with Crippen LogP contribution < -0.4 is 4.74 Å². The SMILES string of the molecule is COc1ccccc1-n1c(C)cc(C(=O)N(C2CC2)C2CCc3[nH]ncc3C2)c1C. The molecular weight excluding hydrogens is 376 g/mol. The predicted molar refractivity (Wildman–Crippen MR) is 115 cm³/mol. The van der Waals surface area contributed by atoms with Crippen molar-refractivity contribution in [2.45, 2.75) is 58.0 Å². The van der Waals surface area contributed by atoms with Crippen LogP contribution in [0.4, 0.5) is 0 Å². The summed E-state index contributed by atoms with van der Waals surface area (Å²) in [6, 6.07) is 10.6. The predicted octanol–water partition coefficient (Wildman–Crippen LogP) is 3.99. The maximum absolute atomic E-state index is 13.8. The summed E-state index contributed by atoms with van der Waals surface area (Å²) in [6.07, 6.45) is 6.96. The largest absolute Gasteiger partial charge is 0.495 e. The van der Waals surface area contributed by atoms with E-state index in [0.717, 1.165) is 60.5 Å². The van der Waals surface area contributed by atoms with Crippen molar-refractivity contribution in [3.8, 4) is 11.4 Å². The average Bonchev–Trinajstić information content (AvgIpc) is 3.39. The molecule has 3 aromatic rings. The van der Waals surface area contributed by atoms with E-state index in [-0.39, 0.29) is 11.9 Å². The van der Waals surface area contributed by atoms with Crippen LogP contribution in [0.5, 0.6) is 5.75 Å². The fourth-order valence-corrected chi connectivity index (χ4v) is 4.92. The number of para-hydroxylation sites is 2. The van der Waals surface area contributed by atoms with Gasteiger partial charge < -0.3 is 14.2 Å². The molecule has 0 spiro atoms. The minimum Gasteiger partial charge on any atom is -0.495 e. The highest BCUT2D eigenvalue weighted by Gasteiger charge is 2.40. The third kappa shape index (κ3) is 3.11. The van der Waals surface area contributed by atoms with Gasteiger partial charge in [0.15, 0.2) is 0 Å². The van der Waals surface area contributed by atoms with Crippen molar-refractivity contribution in [3.05, 3.63) is 64.7 Å². The first-order valence-corrected chi connectivity index (χ1v) is 10.7. The molecule has 0 radical (unpaired) electrons. The summed E-state index contributed by atoms with van der Waals surface area (Å²) < 4.78 is 7.70. The summed E-state index contributed by atoms with van der Waals surface area (Å²) in [7, 11) is 1.68. The highest BCUT2D eigenvalue weighted by Crippen LogP contribution is 2.36. The Balaban J connectivity index is 1.50. The number of aromatic amines is 1. The van der Waals surface area contributed by atoms with Crippen LogP contribution >= 0.6 is 0 Å².